The summed E-state index contributed by atoms with van der Waals surface area (Å²) in [4.78, 5) is 10.9. The van der Waals surface area contributed by atoms with Crippen molar-refractivity contribution in [2.45, 2.75) is 0 Å². The van der Waals surface area contributed by atoms with E-state index in [1.807, 2.05) is 5.38 Å². The molecule has 0 aliphatic carbocycles. The molecular weight excluding hydrogens is 263 g/mol. The number of esters is 1. The Morgan fingerprint density at radius 2 is 2.40 bits per heavy atom. The van der Waals surface area contributed by atoms with Crippen LogP contribution in [0, 0.1) is 3.57 Å². The average Bonchev–Trinajstić information content (AvgIpc) is 2.34. The normalized spacial score (nSPS) is 9.40. The van der Waals surface area contributed by atoms with Gasteiger partial charge in [0.1, 0.15) is 0 Å². The number of hydrogen-bond acceptors (Lipinski definition) is 3. The highest BCUT2D eigenvalue weighted by Crippen LogP contribution is 2.17. The first-order valence-electron chi connectivity index (χ1n) is 2.55. The Hall–Kier alpha value is -0.100. The first-order valence-corrected chi connectivity index (χ1v) is 4.58. The summed E-state index contributed by atoms with van der Waals surface area (Å²) >= 11 is 3.61. The molecule has 10 heavy (non-hydrogen) atoms. The fraction of sp³-hybridized carbons (Fsp3) is 0.167. The van der Waals surface area contributed by atoms with Gasteiger partial charge in [-0.25, -0.2) is 4.79 Å². The number of halogens is 1. The lowest BCUT2D eigenvalue weighted by molar-refractivity contribution is 0.0600. The Morgan fingerprint density at radius 1 is 1.70 bits per heavy atom. The van der Waals surface area contributed by atoms with Crippen LogP contribution < -0.4 is 0 Å². The summed E-state index contributed by atoms with van der Waals surface area (Å²) < 4.78 is 5.49. The number of rotatable bonds is 1. The molecule has 54 valence electrons. The van der Waals surface area contributed by atoms with Gasteiger partial charge in [0, 0.05) is 14.3 Å². The minimum Gasteiger partial charge on any atom is -0.465 e. The topological polar surface area (TPSA) is 26.3 Å². The van der Waals surface area contributed by atoms with E-state index >= 15 is 0 Å². The van der Waals surface area contributed by atoms with Crippen LogP contribution in [0.2, 0.25) is 0 Å². The molecular formula is C6H5IO2S. The van der Waals surface area contributed by atoms with Gasteiger partial charge in [-0.3, -0.25) is 0 Å². The van der Waals surface area contributed by atoms with E-state index < -0.39 is 0 Å². The summed E-state index contributed by atoms with van der Waals surface area (Å²) in [5.74, 6) is -0.259. The second-order valence-corrected chi connectivity index (χ2v) is 3.53. The Morgan fingerprint density at radius 3 is 2.80 bits per heavy atom. The Kier molecular flexibility index (Phi) is 2.67. The predicted octanol–water partition coefficient (Wildman–Crippen LogP) is 2.14. The van der Waals surface area contributed by atoms with Crippen LogP contribution in [-0.2, 0) is 4.74 Å². The lowest BCUT2D eigenvalue weighted by Crippen LogP contribution is -2.00. The number of hydrogen-bond donors (Lipinski definition) is 0. The molecule has 0 bridgehead atoms. The van der Waals surface area contributed by atoms with Crippen molar-refractivity contribution in [2.24, 2.45) is 0 Å². The Labute approximate surface area is 76.3 Å². The zero-order chi connectivity index (χ0) is 7.56. The van der Waals surface area contributed by atoms with E-state index in [0.717, 1.165) is 3.57 Å². The fourth-order valence-electron chi connectivity index (χ4n) is 0.537. The highest BCUT2D eigenvalue weighted by molar-refractivity contribution is 14.1. The average molecular weight is 268 g/mol. The van der Waals surface area contributed by atoms with Crippen molar-refractivity contribution in [3.8, 4) is 0 Å². The van der Waals surface area contributed by atoms with Gasteiger partial charge in [-0.15, -0.1) is 0 Å². The van der Waals surface area contributed by atoms with E-state index in [-0.39, 0.29) is 5.97 Å². The molecule has 0 atom stereocenters. The predicted molar refractivity (Wildman–Crippen MR) is 48.4 cm³/mol. The first kappa shape index (κ1) is 8.00. The minimum atomic E-state index is -0.259. The molecule has 0 saturated carbocycles. The summed E-state index contributed by atoms with van der Waals surface area (Å²) in [6.45, 7) is 0. The standard InChI is InChI=1S/C6H5IO2S/c1-9-6(8)4-2-10-3-5(4)7/h2-3H,1H3. The van der Waals surface area contributed by atoms with Gasteiger partial charge in [-0.1, -0.05) is 0 Å². The molecule has 1 aromatic heterocycles. The molecule has 0 aromatic carbocycles. The van der Waals surface area contributed by atoms with E-state index in [4.69, 9.17) is 0 Å². The number of carbonyl (C=O) groups is 1. The van der Waals surface area contributed by atoms with Gasteiger partial charge in [0.2, 0.25) is 0 Å². The molecule has 1 rings (SSSR count). The molecule has 0 aliphatic heterocycles. The van der Waals surface area contributed by atoms with Crippen LogP contribution in [0.1, 0.15) is 10.4 Å². The molecule has 1 aromatic rings. The molecule has 0 spiro atoms. The molecule has 0 aliphatic rings. The molecule has 0 N–H and O–H groups in total. The van der Waals surface area contributed by atoms with E-state index in [2.05, 4.69) is 27.3 Å². The summed E-state index contributed by atoms with van der Waals surface area (Å²) in [7, 11) is 1.38. The fourth-order valence-corrected chi connectivity index (χ4v) is 2.24. The number of ether oxygens (including phenoxy) is 1. The quantitative estimate of drug-likeness (QED) is 0.576. The third-order valence-electron chi connectivity index (χ3n) is 1.02. The second kappa shape index (κ2) is 3.34. The van der Waals surface area contributed by atoms with Gasteiger partial charge in [0.25, 0.3) is 0 Å². The van der Waals surface area contributed by atoms with E-state index in [1.54, 1.807) is 5.38 Å². The maximum absolute atomic E-state index is 10.9. The molecule has 0 fully saturated rings. The van der Waals surface area contributed by atoms with Crippen molar-refractivity contribution in [3.05, 3.63) is 19.9 Å². The third-order valence-corrected chi connectivity index (χ3v) is 3.08. The summed E-state index contributed by atoms with van der Waals surface area (Å²) in [6, 6.07) is 0. The summed E-state index contributed by atoms with van der Waals surface area (Å²) in [5.41, 5.74) is 0.660. The Bertz CT molecular complexity index is 244. The zero-order valence-electron chi connectivity index (χ0n) is 5.26. The largest absolute Gasteiger partial charge is 0.465 e. The molecule has 4 heteroatoms. The molecule has 2 nitrogen and oxygen atoms in total. The van der Waals surface area contributed by atoms with Crippen LogP contribution in [0.15, 0.2) is 10.8 Å². The van der Waals surface area contributed by atoms with Crippen molar-refractivity contribution < 1.29 is 9.53 Å². The van der Waals surface area contributed by atoms with Crippen LogP contribution in [0.4, 0.5) is 0 Å². The van der Waals surface area contributed by atoms with E-state index in [9.17, 15) is 4.79 Å². The van der Waals surface area contributed by atoms with Crippen molar-refractivity contribution in [2.75, 3.05) is 7.11 Å². The molecule has 0 saturated heterocycles. The number of thiophene rings is 1. The lowest BCUT2D eigenvalue weighted by atomic mass is 10.4. The molecule has 0 radical (unpaired) electrons. The maximum atomic E-state index is 10.9. The highest BCUT2D eigenvalue weighted by Gasteiger charge is 2.09. The van der Waals surface area contributed by atoms with Crippen LogP contribution in [0.25, 0.3) is 0 Å². The van der Waals surface area contributed by atoms with Crippen LogP contribution >= 0.6 is 33.9 Å². The van der Waals surface area contributed by atoms with Gasteiger partial charge in [-0.2, -0.15) is 11.3 Å². The van der Waals surface area contributed by atoms with Crippen molar-refractivity contribution in [1.29, 1.82) is 0 Å². The lowest BCUT2D eigenvalue weighted by Gasteiger charge is -1.93. The number of carbonyl (C=O) groups excluding carboxylic acids is 1. The third kappa shape index (κ3) is 1.49. The summed E-state index contributed by atoms with van der Waals surface area (Å²) in [6.07, 6.45) is 0. The smallest absolute Gasteiger partial charge is 0.339 e. The molecule has 0 unspecified atom stereocenters. The summed E-state index contributed by atoms with van der Waals surface area (Å²) in [5, 5.41) is 3.69. The van der Waals surface area contributed by atoms with Gasteiger partial charge in [-0.05, 0) is 22.6 Å². The van der Waals surface area contributed by atoms with Crippen LogP contribution in [0.3, 0.4) is 0 Å². The first-order chi connectivity index (χ1) is 4.75. The van der Waals surface area contributed by atoms with Crippen LogP contribution in [0.5, 0.6) is 0 Å². The van der Waals surface area contributed by atoms with Gasteiger partial charge < -0.3 is 4.74 Å². The van der Waals surface area contributed by atoms with Crippen molar-refractivity contribution >= 4 is 39.9 Å². The van der Waals surface area contributed by atoms with E-state index in [0.29, 0.717) is 5.56 Å². The van der Waals surface area contributed by atoms with E-state index in [1.165, 1.54) is 18.4 Å². The van der Waals surface area contributed by atoms with Crippen LogP contribution in [-0.4, -0.2) is 13.1 Å². The monoisotopic (exact) mass is 268 g/mol. The number of methoxy groups -OCH3 is 1. The van der Waals surface area contributed by atoms with Gasteiger partial charge in [0.15, 0.2) is 0 Å². The van der Waals surface area contributed by atoms with Gasteiger partial charge in [0.05, 0.1) is 12.7 Å². The molecule has 1 heterocycles. The SMILES string of the molecule is COC(=O)c1cscc1I. The van der Waals surface area contributed by atoms with Gasteiger partial charge >= 0.3 is 5.97 Å². The van der Waals surface area contributed by atoms with Crippen molar-refractivity contribution in [3.63, 3.8) is 0 Å². The second-order valence-electron chi connectivity index (χ2n) is 1.62. The highest BCUT2D eigenvalue weighted by atomic mass is 127. The zero-order valence-corrected chi connectivity index (χ0v) is 8.23. The maximum Gasteiger partial charge on any atom is 0.339 e. The minimum absolute atomic E-state index is 0.259. The van der Waals surface area contributed by atoms with Crippen molar-refractivity contribution in [1.82, 2.24) is 0 Å². The Balaban J connectivity index is 2.93. The molecule has 0 amide bonds.